The van der Waals surface area contributed by atoms with Crippen molar-refractivity contribution in [3.8, 4) is 0 Å². The zero-order valence-electron chi connectivity index (χ0n) is 9.53. The summed E-state index contributed by atoms with van der Waals surface area (Å²) < 4.78 is 0. The van der Waals surface area contributed by atoms with Gasteiger partial charge in [0.05, 0.1) is 6.54 Å². The quantitative estimate of drug-likeness (QED) is 0.376. The van der Waals surface area contributed by atoms with E-state index in [0.717, 1.165) is 12.1 Å². The maximum absolute atomic E-state index is 8.54. The van der Waals surface area contributed by atoms with E-state index in [0.29, 0.717) is 23.1 Å². The number of nitrogens with two attached hydrogens (primary N) is 1. The number of hydrogen-bond acceptors (Lipinski definition) is 3. The SMILES string of the molecule is CCN(CC(N)=NO)Cc1c(Cl)cccc1Cl. The van der Waals surface area contributed by atoms with Crippen LogP contribution in [0.4, 0.5) is 0 Å². The predicted molar refractivity (Wildman–Crippen MR) is 70.8 cm³/mol. The molecule has 0 heterocycles. The minimum atomic E-state index is 0.162. The van der Waals surface area contributed by atoms with Gasteiger partial charge in [0.2, 0.25) is 0 Å². The van der Waals surface area contributed by atoms with Gasteiger partial charge in [-0.1, -0.05) is 41.3 Å². The molecule has 0 saturated heterocycles. The topological polar surface area (TPSA) is 61.8 Å². The molecule has 0 fully saturated rings. The molecule has 94 valence electrons. The fourth-order valence-electron chi connectivity index (χ4n) is 1.45. The Morgan fingerprint density at radius 3 is 2.47 bits per heavy atom. The highest BCUT2D eigenvalue weighted by Crippen LogP contribution is 2.25. The molecule has 0 amide bonds. The van der Waals surface area contributed by atoms with E-state index in [4.69, 9.17) is 34.1 Å². The van der Waals surface area contributed by atoms with Crippen LogP contribution in [0.1, 0.15) is 12.5 Å². The number of oxime groups is 1. The Kier molecular flexibility index (Phi) is 5.55. The number of nitrogens with zero attached hydrogens (tertiary/aromatic N) is 2. The van der Waals surface area contributed by atoms with Crippen LogP contribution in [0.2, 0.25) is 10.0 Å². The highest BCUT2D eigenvalue weighted by molar-refractivity contribution is 6.35. The summed E-state index contributed by atoms with van der Waals surface area (Å²) in [5, 5.41) is 12.7. The van der Waals surface area contributed by atoms with Crippen molar-refractivity contribution in [3.63, 3.8) is 0 Å². The normalized spacial score (nSPS) is 12.1. The largest absolute Gasteiger partial charge is 0.409 e. The van der Waals surface area contributed by atoms with Gasteiger partial charge in [0.25, 0.3) is 0 Å². The van der Waals surface area contributed by atoms with Crippen molar-refractivity contribution in [2.75, 3.05) is 13.1 Å². The lowest BCUT2D eigenvalue weighted by Gasteiger charge is -2.20. The van der Waals surface area contributed by atoms with Crippen molar-refractivity contribution in [2.24, 2.45) is 10.9 Å². The van der Waals surface area contributed by atoms with Crippen LogP contribution in [0.15, 0.2) is 23.4 Å². The third kappa shape index (κ3) is 4.07. The number of halogens is 2. The molecule has 0 radical (unpaired) electrons. The first kappa shape index (κ1) is 14.1. The molecule has 0 aliphatic heterocycles. The molecule has 0 bridgehead atoms. The van der Waals surface area contributed by atoms with E-state index in [9.17, 15) is 0 Å². The van der Waals surface area contributed by atoms with E-state index in [1.807, 2.05) is 11.8 Å². The third-order valence-corrected chi connectivity index (χ3v) is 3.11. The van der Waals surface area contributed by atoms with Crippen LogP contribution in [0, 0.1) is 0 Å². The number of benzene rings is 1. The lowest BCUT2D eigenvalue weighted by atomic mass is 10.2. The van der Waals surface area contributed by atoms with E-state index in [-0.39, 0.29) is 5.84 Å². The van der Waals surface area contributed by atoms with Crippen LogP contribution < -0.4 is 5.73 Å². The molecule has 0 saturated carbocycles. The molecule has 0 aliphatic carbocycles. The molecular weight excluding hydrogens is 261 g/mol. The third-order valence-electron chi connectivity index (χ3n) is 2.40. The van der Waals surface area contributed by atoms with Crippen molar-refractivity contribution >= 4 is 29.0 Å². The molecule has 17 heavy (non-hydrogen) atoms. The molecule has 3 N–H and O–H groups in total. The van der Waals surface area contributed by atoms with Crippen molar-refractivity contribution in [1.82, 2.24) is 4.90 Å². The van der Waals surface area contributed by atoms with E-state index in [1.54, 1.807) is 18.2 Å². The van der Waals surface area contributed by atoms with Gasteiger partial charge >= 0.3 is 0 Å². The monoisotopic (exact) mass is 275 g/mol. The minimum Gasteiger partial charge on any atom is -0.409 e. The first-order chi connectivity index (χ1) is 8.08. The van der Waals surface area contributed by atoms with Crippen molar-refractivity contribution in [1.29, 1.82) is 0 Å². The second-order valence-electron chi connectivity index (χ2n) is 3.59. The Hall–Kier alpha value is -0.970. The molecule has 0 aliphatic rings. The Bertz CT molecular complexity index is 389. The van der Waals surface area contributed by atoms with Gasteiger partial charge in [-0.25, -0.2) is 0 Å². The number of rotatable bonds is 5. The predicted octanol–water partition coefficient (Wildman–Crippen LogP) is 2.56. The van der Waals surface area contributed by atoms with Gasteiger partial charge in [0.1, 0.15) is 0 Å². The Morgan fingerprint density at radius 1 is 1.41 bits per heavy atom. The highest BCUT2D eigenvalue weighted by Gasteiger charge is 2.11. The van der Waals surface area contributed by atoms with Crippen molar-refractivity contribution in [3.05, 3.63) is 33.8 Å². The molecule has 0 unspecified atom stereocenters. The molecule has 6 heteroatoms. The summed E-state index contributed by atoms with van der Waals surface area (Å²) in [5.41, 5.74) is 6.32. The molecule has 0 atom stereocenters. The van der Waals surface area contributed by atoms with E-state index in [1.165, 1.54) is 0 Å². The molecule has 0 aromatic heterocycles. The highest BCUT2D eigenvalue weighted by atomic mass is 35.5. The second-order valence-corrected chi connectivity index (χ2v) is 4.41. The van der Waals surface area contributed by atoms with E-state index >= 15 is 0 Å². The average molecular weight is 276 g/mol. The molecule has 1 rings (SSSR count). The second kappa shape index (κ2) is 6.69. The number of amidine groups is 1. The zero-order chi connectivity index (χ0) is 12.8. The Balaban J connectivity index is 2.80. The fraction of sp³-hybridized carbons (Fsp3) is 0.364. The van der Waals surface area contributed by atoms with Gasteiger partial charge in [-0.15, -0.1) is 0 Å². The van der Waals surface area contributed by atoms with Crippen LogP contribution in [-0.2, 0) is 6.54 Å². The van der Waals surface area contributed by atoms with E-state index < -0.39 is 0 Å². The molecule has 1 aromatic carbocycles. The van der Waals surface area contributed by atoms with Gasteiger partial charge in [-0.2, -0.15) is 0 Å². The summed E-state index contributed by atoms with van der Waals surface area (Å²) in [6.07, 6.45) is 0. The zero-order valence-corrected chi connectivity index (χ0v) is 11.0. The van der Waals surface area contributed by atoms with Gasteiger partial charge in [0, 0.05) is 22.2 Å². The fourth-order valence-corrected chi connectivity index (χ4v) is 1.96. The smallest absolute Gasteiger partial charge is 0.153 e. The van der Waals surface area contributed by atoms with Crippen LogP contribution >= 0.6 is 23.2 Å². The van der Waals surface area contributed by atoms with Crippen LogP contribution in [-0.4, -0.2) is 29.0 Å². The summed E-state index contributed by atoms with van der Waals surface area (Å²) in [7, 11) is 0. The van der Waals surface area contributed by atoms with Crippen LogP contribution in [0.5, 0.6) is 0 Å². The molecular formula is C11H15Cl2N3O. The molecule has 4 nitrogen and oxygen atoms in total. The van der Waals surface area contributed by atoms with Gasteiger partial charge < -0.3 is 10.9 Å². The Labute approximate surface area is 111 Å². The van der Waals surface area contributed by atoms with Gasteiger partial charge in [-0.05, 0) is 18.7 Å². The standard InChI is InChI=1S/C11H15Cl2N3O/c1-2-16(7-11(14)15-17)6-8-9(12)4-3-5-10(8)13/h3-5,17H,2,6-7H2,1H3,(H2,14,15). The maximum Gasteiger partial charge on any atom is 0.153 e. The maximum atomic E-state index is 8.54. The molecule has 0 spiro atoms. The van der Waals surface area contributed by atoms with Crippen LogP contribution in [0.25, 0.3) is 0 Å². The first-order valence-corrected chi connectivity index (χ1v) is 5.95. The lowest BCUT2D eigenvalue weighted by Crippen LogP contribution is -2.33. The lowest BCUT2D eigenvalue weighted by molar-refractivity contribution is 0.295. The summed E-state index contributed by atoms with van der Waals surface area (Å²) >= 11 is 12.2. The van der Waals surface area contributed by atoms with Gasteiger partial charge in [0.15, 0.2) is 5.84 Å². The van der Waals surface area contributed by atoms with Crippen LogP contribution in [0.3, 0.4) is 0 Å². The van der Waals surface area contributed by atoms with Gasteiger partial charge in [-0.3, -0.25) is 4.90 Å². The number of hydrogen-bond donors (Lipinski definition) is 2. The van der Waals surface area contributed by atoms with Crippen molar-refractivity contribution < 1.29 is 5.21 Å². The summed E-state index contributed by atoms with van der Waals surface area (Å²) in [4.78, 5) is 1.97. The number of likely N-dealkylation sites (N-methyl/N-ethyl adjacent to an activating group) is 1. The first-order valence-electron chi connectivity index (χ1n) is 5.20. The summed E-state index contributed by atoms with van der Waals surface area (Å²) in [6, 6.07) is 5.38. The summed E-state index contributed by atoms with van der Waals surface area (Å²) in [6.45, 7) is 3.66. The van der Waals surface area contributed by atoms with Crippen molar-refractivity contribution in [2.45, 2.75) is 13.5 Å². The summed E-state index contributed by atoms with van der Waals surface area (Å²) in [5.74, 6) is 0.162. The van der Waals surface area contributed by atoms with E-state index in [2.05, 4.69) is 5.16 Å². The molecule has 1 aromatic rings. The minimum absolute atomic E-state index is 0.162. The average Bonchev–Trinajstić information content (AvgIpc) is 2.32. The Morgan fingerprint density at radius 2 is 2.00 bits per heavy atom.